The number of hydrogen-bond donors (Lipinski definition) is 0. The lowest BCUT2D eigenvalue weighted by Gasteiger charge is -2.25. The second-order valence-corrected chi connectivity index (χ2v) is 6.76. The van der Waals surface area contributed by atoms with Crippen molar-refractivity contribution in [3.63, 3.8) is 0 Å². The van der Waals surface area contributed by atoms with E-state index in [1.807, 2.05) is 36.4 Å². The lowest BCUT2D eigenvalue weighted by Crippen LogP contribution is -2.26. The van der Waals surface area contributed by atoms with Crippen LogP contribution in [0, 0.1) is 0 Å². The van der Waals surface area contributed by atoms with Crippen LogP contribution < -0.4 is 4.90 Å². The fourth-order valence-corrected chi connectivity index (χ4v) is 2.98. The standard InChI is InChI=1S/C15H11Br2NOS/c16-11-3-1-10(2-4-11)15-18(14(20)9-19-15)13-7-5-12(17)6-8-13/h1-8,15H,9H2/t15-/m1/s1. The number of anilines is 1. The SMILES string of the molecule is S=C1CO[C@H](c2ccc(Br)cc2)N1c1ccc(Br)cc1. The van der Waals surface area contributed by atoms with Crippen molar-refractivity contribution in [2.24, 2.45) is 0 Å². The third-order valence-electron chi connectivity index (χ3n) is 3.13. The zero-order valence-corrected chi connectivity index (χ0v) is 14.4. The molecule has 20 heavy (non-hydrogen) atoms. The molecule has 0 amide bonds. The van der Waals surface area contributed by atoms with Crippen LogP contribution in [-0.4, -0.2) is 11.6 Å². The maximum Gasteiger partial charge on any atom is 0.161 e. The predicted molar refractivity (Wildman–Crippen MR) is 92.1 cm³/mol. The van der Waals surface area contributed by atoms with Crippen LogP contribution in [0.4, 0.5) is 5.69 Å². The number of halogens is 2. The van der Waals surface area contributed by atoms with E-state index in [2.05, 4.69) is 48.9 Å². The van der Waals surface area contributed by atoms with E-state index in [9.17, 15) is 0 Å². The first-order valence-corrected chi connectivity index (χ1v) is 8.09. The van der Waals surface area contributed by atoms with Crippen molar-refractivity contribution >= 4 is 54.8 Å². The Hall–Kier alpha value is -0.750. The molecule has 2 nitrogen and oxygen atoms in total. The highest BCUT2D eigenvalue weighted by Gasteiger charge is 2.31. The first-order chi connectivity index (χ1) is 9.65. The fraction of sp³-hybridized carbons (Fsp3) is 0.133. The van der Waals surface area contributed by atoms with Gasteiger partial charge in [0.2, 0.25) is 0 Å². The van der Waals surface area contributed by atoms with Gasteiger partial charge in [0.05, 0.1) is 0 Å². The maximum atomic E-state index is 5.85. The van der Waals surface area contributed by atoms with Gasteiger partial charge in [-0.1, -0.05) is 56.2 Å². The Bertz CT molecular complexity index is 627. The van der Waals surface area contributed by atoms with Crippen LogP contribution in [0.3, 0.4) is 0 Å². The number of rotatable bonds is 2. The second-order valence-electron chi connectivity index (χ2n) is 4.46. The zero-order chi connectivity index (χ0) is 14.1. The minimum Gasteiger partial charge on any atom is -0.347 e. The van der Waals surface area contributed by atoms with Crippen LogP contribution >= 0.6 is 44.1 Å². The monoisotopic (exact) mass is 411 g/mol. The Morgan fingerprint density at radius 2 is 1.50 bits per heavy atom. The van der Waals surface area contributed by atoms with E-state index in [0.29, 0.717) is 6.61 Å². The zero-order valence-electron chi connectivity index (χ0n) is 10.4. The van der Waals surface area contributed by atoms with Crippen molar-refractivity contribution in [3.05, 3.63) is 63.0 Å². The molecule has 1 aliphatic heterocycles. The molecule has 0 unspecified atom stereocenters. The molecule has 3 rings (SSSR count). The first kappa shape index (κ1) is 14.2. The summed E-state index contributed by atoms with van der Waals surface area (Å²) >= 11 is 12.3. The van der Waals surface area contributed by atoms with E-state index in [1.54, 1.807) is 0 Å². The Labute approximate surface area is 140 Å². The van der Waals surface area contributed by atoms with E-state index < -0.39 is 0 Å². The van der Waals surface area contributed by atoms with Crippen molar-refractivity contribution in [1.82, 2.24) is 0 Å². The van der Waals surface area contributed by atoms with Gasteiger partial charge < -0.3 is 9.64 Å². The predicted octanol–water partition coefficient (Wildman–Crippen LogP) is 5.07. The molecule has 0 saturated carbocycles. The molecular weight excluding hydrogens is 402 g/mol. The molecule has 1 aliphatic rings. The van der Waals surface area contributed by atoms with Gasteiger partial charge in [-0.2, -0.15) is 0 Å². The summed E-state index contributed by atoms with van der Waals surface area (Å²) in [5, 5.41) is 0. The quantitative estimate of drug-likeness (QED) is 0.638. The highest BCUT2D eigenvalue weighted by molar-refractivity contribution is 9.10. The molecule has 1 saturated heterocycles. The van der Waals surface area contributed by atoms with Gasteiger partial charge in [-0.15, -0.1) is 0 Å². The normalized spacial score (nSPS) is 18.6. The molecule has 0 aliphatic carbocycles. The van der Waals surface area contributed by atoms with Gasteiger partial charge in [0, 0.05) is 20.2 Å². The number of nitrogens with zero attached hydrogens (tertiary/aromatic N) is 1. The smallest absolute Gasteiger partial charge is 0.161 e. The van der Waals surface area contributed by atoms with Crippen LogP contribution in [0.5, 0.6) is 0 Å². The lowest BCUT2D eigenvalue weighted by atomic mass is 10.1. The number of thiocarbonyl (C=S) groups is 1. The van der Waals surface area contributed by atoms with E-state index in [0.717, 1.165) is 25.2 Å². The molecular formula is C15H11Br2NOS. The van der Waals surface area contributed by atoms with Gasteiger partial charge in [0.1, 0.15) is 11.6 Å². The topological polar surface area (TPSA) is 12.5 Å². The van der Waals surface area contributed by atoms with E-state index in [1.165, 1.54) is 0 Å². The Morgan fingerprint density at radius 1 is 0.950 bits per heavy atom. The van der Waals surface area contributed by atoms with Gasteiger partial charge in [-0.05, 0) is 36.4 Å². The van der Waals surface area contributed by atoms with Crippen LogP contribution in [0.2, 0.25) is 0 Å². The number of ether oxygens (including phenoxy) is 1. The molecule has 1 atom stereocenters. The third-order valence-corrected chi connectivity index (χ3v) is 4.50. The Kier molecular flexibility index (Phi) is 4.21. The van der Waals surface area contributed by atoms with E-state index >= 15 is 0 Å². The van der Waals surface area contributed by atoms with E-state index in [-0.39, 0.29) is 6.23 Å². The number of benzene rings is 2. The molecule has 0 aromatic heterocycles. The largest absolute Gasteiger partial charge is 0.347 e. The van der Waals surface area contributed by atoms with Crippen LogP contribution in [0.25, 0.3) is 0 Å². The summed E-state index contributed by atoms with van der Waals surface area (Å²) < 4.78 is 7.95. The first-order valence-electron chi connectivity index (χ1n) is 6.10. The van der Waals surface area contributed by atoms with Crippen LogP contribution in [0.1, 0.15) is 11.8 Å². The summed E-state index contributed by atoms with van der Waals surface area (Å²) in [5.41, 5.74) is 2.14. The molecule has 0 spiro atoms. The third kappa shape index (κ3) is 2.81. The summed E-state index contributed by atoms with van der Waals surface area (Å²) in [7, 11) is 0. The van der Waals surface area contributed by atoms with Gasteiger partial charge >= 0.3 is 0 Å². The van der Waals surface area contributed by atoms with Gasteiger partial charge in [-0.25, -0.2) is 0 Å². The molecule has 0 N–H and O–H groups in total. The minimum absolute atomic E-state index is 0.156. The lowest BCUT2D eigenvalue weighted by molar-refractivity contribution is 0.117. The average molecular weight is 413 g/mol. The maximum absolute atomic E-state index is 5.85. The van der Waals surface area contributed by atoms with Crippen molar-refractivity contribution in [1.29, 1.82) is 0 Å². The molecule has 1 heterocycles. The van der Waals surface area contributed by atoms with Gasteiger partial charge in [0.15, 0.2) is 6.23 Å². The molecule has 0 radical (unpaired) electrons. The number of hydrogen-bond acceptors (Lipinski definition) is 2. The molecule has 5 heteroatoms. The van der Waals surface area contributed by atoms with Crippen molar-refractivity contribution in [2.45, 2.75) is 6.23 Å². The van der Waals surface area contributed by atoms with Crippen molar-refractivity contribution in [2.75, 3.05) is 11.5 Å². The second kappa shape index (κ2) is 5.93. The van der Waals surface area contributed by atoms with Crippen molar-refractivity contribution < 1.29 is 4.74 Å². The highest BCUT2D eigenvalue weighted by Crippen LogP contribution is 2.34. The molecule has 2 aromatic carbocycles. The summed E-state index contributed by atoms with van der Waals surface area (Å²) in [6, 6.07) is 16.2. The van der Waals surface area contributed by atoms with Gasteiger partial charge in [0.25, 0.3) is 0 Å². The van der Waals surface area contributed by atoms with Crippen LogP contribution in [0.15, 0.2) is 57.5 Å². The highest BCUT2D eigenvalue weighted by atomic mass is 79.9. The molecule has 1 fully saturated rings. The molecule has 0 bridgehead atoms. The summed E-state index contributed by atoms with van der Waals surface area (Å²) in [6.45, 7) is 0.478. The minimum atomic E-state index is -0.156. The average Bonchev–Trinajstić information content (AvgIpc) is 2.83. The molecule has 2 aromatic rings. The summed E-state index contributed by atoms with van der Waals surface area (Å²) in [6.07, 6.45) is -0.156. The Morgan fingerprint density at radius 3 is 2.10 bits per heavy atom. The fourth-order valence-electron chi connectivity index (χ4n) is 2.18. The van der Waals surface area contributed by atoms with E-state index in [4.69, 9.17) is 17.0 Å². The van der Waals surface area contributed by atoms with Crippen molar-refractivity contribution in [3.8, 4) is 0 Å². The molecule has 102 valence electrons. The summed E-state index contributed by atoms with van der Waals surface area (Å²) in [5.74, 6) is 0. The van der Waals surface area contributed by atoms with Gasteiger partial charge in [-0.3, -0.25) is 0 Å². The van der Waals surface area contributed by atoms with Crippen LogP contribution in [-0.2, 0) is 4.74 Å². The summed E-state index contributed by atoms with van der Waals surface area (Å²) in [4.78, 5) is 2.87. The Balaban J connectivity index is 1.96.